The Kier molecular flexibility index (Phi) is 9.58. The van der Waals surface area contributed by atoms with Gasteiger partial charge in [0.2, 0.25) is 0 Å². The Morgan fingerprint density at radius 1 is 1.29 bits per heavy atom. The zero-order valence-corrected chi connectivity index (χ0v) is 15.8. The van der Waals surface area contributed by atoms with Gasteiger partial charge in [-0.15, -0.1) is 6.58 Å². The number of hydrogen-bond donors (Lipinski definition) is 1. The van der Waals surface area contributed by atoms with Gasteiger partial charge in [-0.2, -0.15) is 0 Å². The third kappa shape index (κ3) is 7.49. The predicted octanol–water partition coefficient (Wildman–Crippen LogP) is 3.29. The van der Waals surface area contributed by atoms with E-state index in [0.29, 0.717) is 6.54 Å². The second-order valence-electron chi connectivity index (χ2n) is 6.15. The first kappa shape index (κ1) is 20.0. The van der Waals surface area contributed by atoms with Crippen LogP contribution in [0.1, 0.15) is 38.2 Å². The molecular formula is C19H33N5. The van der Waals surface area contributed by atoms with Gasteiger partial charge in [0.1, 0.15) is 5.82 Å². The molecule has 0 spiro atoms. The number of nitrogens with zero attached hydrogens (tertiary/aromatic N) is 4. The Bertz CT molecular complexity index is 510. The number of aliphatic imine (C=N–C) groups is 1. The topological polar surface area (TPSA) is 43.8 Å². The summed E-state index contributed by atoms with van der Waals surface area (Å²) in [6.07, 6.45) is 8.56. The normalized spacial score (nSPS) is 11.2. The highest BCUT2D eigenvalue weighted by molar-refractivity contribution is 5.79. The molecule has 0 fully saturated rings. The molecule has 0 saturated heterocycles. The van der Waals surface area contributed by atoms with Crippen LogP contribution in [0.5, 0.6) is 0 Å². The van der Waals surface area contributed by atoms with E-state index in [1.165, 1.54) is 24.8 Å². The van der Waals surface area contributed by atoms with Gasteiger partial charge in [0.25, 0.3) is 0 Å². The number of unbranched alkanes of at least 4 members (excludes halogenated alkanes) is 3. The summed E-state index contributed by atoms with van der Waals surface area (Å²) in [5.41, 5.74) is 1.17. The fourth-order valence-electron chi connectivity index (χ4n) is 2.36. The second-order valence-corrected chi connectivity index (χ2v) is 6.15. The molecule has 0 amide bonds. The number of nitrogens with one attached hydrogen (secondary N) is 1. The molecule has 0 radical (unpaired) electrons. The van der Waals surface area contributed by atoms with E-state index in [0.717, 1.165) is 31.3 Å². The highest BCUT2D eigenvalue weighted by atomic mass is 15.3. The Balaban J connectivity index is 2.60. The van der Waals surface area contributed by atoms with Crippen molar-refractivity contribution < 1.29 is 0 Å². The minimum atomic E-state index is 0.659. The summed E-state index contributed by atoms with van der Waals surface area (Å²) in [6.45, 7) is 8.42. The van der Waals surface area contributed by atoms with Crippen LogP contribution in [-0.4, -0.2) is 50.1 Å². The average molecular weight is 332 g/mol. The molecule has 1 aromatic rings. The predicted molar refractivity (Wildman–Crippen MR) is 105 cm³/mol. The lowest BCUT2D eigenvalue weighted by atomic mass is 10.2. The molecule has 0 aliphatic carbocycles. The number of allylic oxidation sites excluding steroid dienone is 1. The number of aromatic nitrogens is 1. The summed E-state index contributed by atoms with van der Waals surface area (Å²) in [7, 11) is 6.10. The van der Waals surface area contributed by atoms with Crippen molar-refractivity contribution in [1.29, 1.82) is 0 Å². The van der Waals surface area contributed by atoms with Crippen molar-refractivity contribution >= 4 is 11.8 Å². The summed E-state index contributed by atoms with van der Waals surface area (Å²) < 4.78 is 0. The molecule has 0 aromatic carbocycles. The van der Waals surface area contributed by atoms with E-state index in [4.69, 9.17) is 4.99 Å². The summed E-state index contributed by atoms with van der Waals surface area (Å²) in [5.74, 6) is 1.92. The van der Waals surface area contributed by atoms with Gasteiger partial charge in [-0.1, -0.05) is 12.5 Å². The van der Waals surface area contributed by atoms with Crippen LogP contribution in [0.15, 0.2) is 36.0 Å². The van der Waals surface area contributed by atoms with Gasteiger partial charge >= 0.3 is 0 Å². The Morgan fingerprint density at radius 3 is 2.75 bits per heavy atom. The summed E-state index contributed by atoms with van der Waals surface area (Å²) in [5, 5.41) is 3.38. The van der Waals surface area contributed by atoms with E-state index in [9.17, 15) is 0 Å². The fraction of sp³-hybridized carbons (Fsp3) is 0.579. The summed E-state index contributed by atoms with van der Waals surface area (Å²) >= 11 is 0. The number of pyridine rings is 1. The van der Waals surface area contributed by atoms with Crippen molar-refractivity contribution in [2.24, 2.45) is 4.99 Å². The molecular weight excluding hydrogens is 298 g/mol. The molecule has 0 aliphatic heterocycles. The van der Waals surface area contributed by atoms with Crippen molar-refractivity contribution in [2.75, 3.05) is 39.1 Å². The van der Waals surface area contributed by atoms with Crippen molar-refractivity contribution in [2.45, 2.75) is 39.2 Å². The molecule has 1 rings (SSSR count). The largest absolute Gasteiger partial charge is 0.363 e. The van der Waals surface area contributed by atoms with Crippen LogP contribution in [0.2, 0.25) is 0 Å². The number of hydrogen-bond acceptors (Lipinski definition) is 3. The van der Waals surface area contributed by atoms with Gasteiger partial charge in [-0.05, 0) is 43.9 Å². The molecule has 1 heterocycles. The van der Waals surface area contributed by atoms with Gasteiger partial charge in [0.05, 0.1) is 6.54 Å². The molecule has 0 saturated carbocycles. The maximum atomic E-state index is 4.77. The van der Waals surface area contributed by atoms with Crippen LogP contribution >= 0.6 is 0 Å². The minimum Gasteiger partial charge on any atom is -0.363 e. The molecule has 134 valence electrons. The molecule has 5 heteroatoms. The Hall–Kier alpha value is -2.04. The molecule has 0 atom stereocenters. The zero-order chi connectivity index (χ0) is 17.8. The third-order valence-electron chi connectivity index (χ3n) is 3.78. The average Bonchev–Trinajstić information content (AvgIpc) is 2.58. The van der Waals surface area contributed by atoms with Crippen LogP contribution in [0, 0.1) is 0 Å². The number of rotatable bonds is 10. The van der Waals surface area contributed by atoms with Gasteiger partial charge in [0, 0.05) is 40.4 Å². The van der Waals surface area contributed by atoms with Crippen molar-refractivity contribution in [3.8, 4) is 0 Å². The van der Waals surface area contributed by atoms with E-state index < -0.39 is 0 Å². The molecule has 5 nitrogen and oxygen atoms in total. The van der Waals surface area contributed by atoms with Gasteiger partial charge in [-0.3, -0.25) is 0 Å². The Morgan fingerprint density at radius 2 is 2.08 bits per heavy atom. The van der Waals surface area contributed by atoms with E-state index in [1.54, 1.807) is 0 Å². The lowest BCUT2D eigenvalue weighted by Gasteiger charge is -2.22. The zero-order valence-electron chi connectivity index (χ0n) is 15.8. The molecule has 24 heavy (non-hydrogen) atoms. The van der Waals surface area contributed by atoms with Gasteiger partial charge < -0.3 is 15.1 Å². The maximum Gasteiger partial charge on any atom is 0.193 e. The van der Waals surface area contributed by atoms with Crippen molar-refractivity contribution in [1.82, 2.24) is 15.2 Å². The van der Waals surface area contributed by atoms with E-state index in [1.807, 2.05) is 37.3 Å². The summed E-state index contributed by atoms with van der Waals surface area (Å²) in [6, 6.07) is 4.11. The van der Waals surface area contributed by atoms with Crippen LogP contribution in [0.4, 0.5) is 5.82 Å². The van der Waals surface area contributed by atoms with Crippen LogP contribution in [-0.2, 0) is 6.54 Å². The van der Waals surface area contributed by atoms with Crippen LogP contribution < -0.4 is 10.2 Å². The summed E-state index contributed by atoms with van der Waals surface area (Å²) in [4.78, 5) is 13.3. The molecule has 1 N–H and O–H groups in total. The highest BCUT2D eigenvalue weighted by Gasteiger charge is 2.05. The molecule has 0 unspecified atom stereocenters. The van der Waals surface area contributed by atoms with Crippen LogP contribution in [0.25, 0.3) is 0 Å². The van der Waals surface area contributed by atoms with Gasteiger partial charge in [0.15, 0.2) is 5.96 Å². The lowest BCUT2D eigenvalue weighted by Crippen LogP contribution is -2.39. The van der Waals surface area contributed by atoms with Crippen molar-refractivity contribution in [3.63, 3.8) is 0 Å². The molecule has 0 bridgehead atoms. The SMILES string of the molecule is C=CCCCCCN(C)C(=NCc1ccnc(N(C)C)c1)NCC. The molecule has 1 aromatic heterocycles. The first-order valence-electron chi connectivity index (χ1n) is 8.81. The smallest absolute Gasteiger partial charge is 0.193 e. The van der Waals surface area contributed by atoms with Crippen molar-refractivity contribution in [3.05, 3.63) is 36.5 Å². The first-order valence-corrected chi connectivity index (χ1v) is 8.81. The minimum absolute atomic E-state index is 0.659. The van der Waals surface area contributed by atoms with Gasteiger partial charge in [-0.25, -0.2) is 9.98 Å². The van der Waals surface area contributed by atoms with Crippen LogP contribution in [0.3, 0.4) is 0 Å². The maximum absolute atomic E-state index is 4.77. The van der Waals surface area contributed by atoms with E-state index >= 15 is 0 Å². The first-order chi connectivity index (χ1) is 11.6. The highest BCUT2D eigenvalue weighted by Crippen LogP contribution is 2.10. The standard InChI is InChI=1S/C19H33N5/c1-6-8-9-10-11-14-24(5)19(20-7-2)22-16-17-12-13-21-18(15-17)23(3)4/h6,12-13,15H,1,7-11,14,16H2,2-5H3,(H,20,22). The van der Waals surface area contributed by atoms with E-state index in [-0.39, 0.29) is 0 Å². The second kappa shape index (κ2) is 11.5. The number of anilines is 1. The lowest BCUT2D eigenvalue weighted by molar-refractivity contribution is 0.455. The van der Waals surface area contributed by atoms with E-state index in [2.05, 4.69) is 41.8 Å². The fourth-order valence-corrected chi connectivity index (χ4v) is 2.36. The third-order valence-corrected chi connectivity index (χ3v) is 3.78. The Labute approximate surface area is 147 Å². The molecule has 0 aliphatic rings. The quantitative estimate of drug-likeness (QED) is 0.309. The number of guanidine groups is 1. The monoisotopic (exact) mass is 331 g/mol.